The molecule has 2 unspecified atom stereocenters. The largest absolute Gasteiger partial charge is 0.349 e. The van der Waals surface area contributed by atoms with Crippen LogP contribution in [0.25, 0.3) is 0 Å². The van der Waals surface area contributed by atoms with Gasteiger partial charge in [-0.05, 0) is 32.6 Å². The topological polar surface area (TPSA) is 57.8 Å². The predicted octanol–water partition coefficient (Wildman–Crippen LogP) is 2.73. The summed E-state index contributed by atoms with van der Waals surface area (Å²) < 4.78 is 0. The summed E-state index contributed by atoms with van der Waals surface area (Å²) in [5.41, 5.74) is 2.36. The summed E-state index contributed by atoms with van der Waals surface area (Å²) in [7, 11) is 0. The van der Waals surface area contributed by atoms with Crippen molar-refractivity contribution in [3.8, 4) is 0 Å². The number of H-pyrrole nitrogens is 1. The van der Waals surface area contributed by atoms with Gasteiger partial charge in [0.25, 0.3) is 5.91 Å². The third-order valence-corrected chi connectivity index (χ3v) is 4.11. The predicted molar refractivity (Wildman–Crippen MR) is 71.6 cm³/mol. The summed E-state index contributed by atoms with van der Waals surface area (Å²) >= 11 is 0. The van der Waals surface area contributed by atoms with Crippen molar-refractivity contribution in [3.63, 3.8) is 0 Å². The van der Waals surface area contributed by atoms with Gasteiger partial charge in [0.05, 0.1) is 11.3 Å². The molecule has 1 saturated carbocycles. The molecule has 1 amide bonds. The Morgan fingerprint density at radius 3 is 2.72 bits per heavy atom. The van der Waals surface area contributed by atoms with E-state index in [9.17, 15) is 4.79 Å². The molecule has 100 valence electrons. The number of carbonyl (C=O) groups excluding carboxylic acids is 1. The summed E-state index contributed by atoms with van der Waals surface area (Å²) in [4.78, 5) is 12.3. The molecule has 2 rings (SSSR count). The van der Waals surface area contributed by atoms with Crippen LogP contribution in [0.2, 0.25) is 0 Å². The molecule has 0 spiro atoms. The zero-order chi connectivity index (χ0) is 13.1. The van der Waals surface area contributed by atoms with E-state index in [-0.39, 0.29) is 5.91 Å². The highest BCUT2D eigenvalue weighted by Gasteiger charge is 2.26. The SMILES string of the molecule is CCC1CCCCC1NC(=O)c1c(C)n[nH]c1C. The van der Waals surface area contributed by atoms with Gasteiger partial charge in [-0.25, -0.2) is 0 Å². The maximum atomic E-state index is 12.3. The fraction of sp³-hybridized carbons (Fsp3) is 0.714. The first-order chi connectivity index (χ1) is 8.63. The van der Waals surface area contributed by atoms with Gasteiger partial charge in [0.2, 0.25) is 0 Å². The number of aromatic nitrogens is 2. The summed E-state index contributed by atoms with van der Waals surface area (Å²) in [6.45, 7) is 5.98. The Bertz CT molecular complexity index is 405. The molecule has 1 aromatic heterocycles. The highest BCUT2D eigenvalue weighted by atomic mass is 16.1. The van der Waals surface area contributed by atoms with E-state index in [0.29, 0.717) is 12.0 Å². The molecule has 1 heterocycles. The maximum Gasteiger partial charge on any atom is 0.255 e. The molecule has 1 aliphatic rings. The molecule has 0 saturated heterocycles. The van der Waals surface area contributed by atoms with Crippen molar-refractivity contribution in [3.05, 3.63) is 17.0 Å². The maximum absolute atomic E-state index is 12.3. The molecule has 2 atom stereocenters. The van der Waals surface area contributed by atoms with Crippen LogP contribution in [-0.2, 0) is 0 Å². The highest BCUT2D eigenvalue weighted by Crippen LogP contribution is 2.27. The Kier molecular flexibility index (Phi) is 4.04. The van der Waals surface area contributed by atoms with Crippen molar-refractivity contribution < 1.29 is 4.79 Å². The van der Waals surface area contributed by atoms with Crippen molar-refractivity contribution >= 4 is 5.91 Å². The second-order valence-corrected chi connectivity index (χ2v) is 5.34. The number of nitrogens with zero attached hydrogens (tertiary/aromatic N) is 1. The van der Waals surface area contributed by atoms with E-state index in [4.69, 9.17) is 0 Å². The Hall–Kier alpha value is -1.32. The summed E-state index contributed by atoms with van der Waals surface area (Å²) in [5.74, 6) is 0.666. The van der Waals surface area contributed by atoms with Gasteiger partial charge in [-0.1, -0.05) is 26.2 Å². The van der Waals surface area contributed by atoms with E-state index >= 15 is 0 Å². The molecule has 0 aliphatic heterocycles. The van der Waals surface area contributed by atoms with Crippen molar-refractivity contribution in [2.24, 2.45) is 5.92 Å². The lowest BCUT2D eigenvalue weighted by atomic mass is 9.83. The number of carbonyl (C=O) groups is 1. The number of aryl methyl sites for hydroxylation is 2. The van der Waals surface area contributed by atoms with Gasteiger partial charge >= 0.3 is 0 Å². The van der Waals surface area contributed by atoms with E-state index in [0.717, 1.165) is 29.8 Å². The molecule has 4 heteroatoms. The molecule has 0 aromatic carbocycles. The van der Waals surface area contributed by atoms with Crippen molar-refractivity contribution in [2.75, 3.05) is 0 Å². The van der Waals surface area contributed by atoms with Crippen LogP contribution in [-0.4, -0.2) is 22.1 Å². The minimum absolute atomic E-state index is 0.0316. The number of nitrogens with one attached hydrogen (secondary N) is 2. The van der Waals surface area contributed by atoms with Crippen LogP contribution < -0.4 is 5.32 Å². The van der Waals surface area contributed by atoms with E-state index < -0.39 is 0 Å². The normalized spacial score (nSPS) is 23.9. The summed E-state index contributed by atoms with van der Waals surface area (Å²) in [5, 5.41) is 10.2. The number of aromatic amines is 1. The quantitative estimate of drug-likeness (QED) is 0.865. The smallest absolute Gasteiger partial charge is 0.255 e. The van der Waals surface area contributed by atoms with E-state index in [1.807, 2.05) is 13.8 Å². The molecular weight excluding hydrogens is 226 g/mol. The fourth-order valence-electron chi connectivity index (χ4n) is 3.01. The average Bonchev–Trinajstić information content (AvgIpc) is 2.69. The summed E-state index contributed by atoms with van der Waals surface area (Å²) in [6, 6.07) is 0.338. The van der Waals surface area contributed by atoms with Crippen LogP contribution >= 0.6 is 0 Å². The molecule has 4 nitrogen and oxygen atoms in total. The van der Waals surface area contributed by atoms with Crippen LogP contribution in [0.1, 0.15) is 60.8 Å². The van der Waals surface area contributed by atoms with Gasteiger partial charge in [0, 0.05) is 11.7 Å². The van der Waals surface area contributed by atoms with Gasteiger partial charge in [0.1, 0.15) is 0 Å². The van der Waals surface area contributed by atoms with E-state index in [1.165, 1.54) is 19.3 Å². The van der Waals surface area contributed by atoms with Gasteiger partial charge < -0.3 is 5.32 Å². The Labute approximate surface area is 109 Å². The zero-order valence-electron chi connectivity index (χ0n) is 11.5. The fourth-order valence-corrected chi connectivity index (χ4v) is 3.01. The molecule has 1 aliphatic carbocycles. The Morgan fingerprint density at radius 1 is 1.39 bits per heavy atom. The van der Waals surface area contributed by atoms with Gasteiger partial charge in [0.15, 0.2) is 0 Å². The summed E-state index contributed by atoms with van der Waals surface area (Å²) in [6.07, 6.45) is 6.03. The van der Waals surface area contributed by atoms with Gasteiger partial charge in [-0.2, -0.15) is 5.10 Å². The number of amides is 1. The second-order valence-electron chi connectivity index (χ2n) is 5.34. The highest BCUT2D eigenvalue weighted by molar-refractivity contribution is 5.96. The first-order valence-electron chi connectivity index (χ1n) is 6.96. The molecule has 0 bridgehead atoms. The first-order valence-corrected chi connectivity index (χ1v) is 6.96. The van der Waals surface area contributed by atoms with Crippen LogP contribution in [0.5, 0.6) is 0 Å². The Balaban J connectivity index is 2.06. The van der Waals surface area contributed by atoms with Gasteiger partial charge in [-0.3, -0.25) is 9.89 Å². The minimum Gasteiger partial charge on any atom is -0.349 e. The third-order valence-electron chi connectivity index (χ3n) is 4.11. The van der Waals surface area contributed by atoms with Crippen LogP contribution in [0.15, 0.2) is 0 Å². The van der Waals surface area contributed by atoms with Crippen molar-refractivity contribution in [1.82, 2.24) is 15.5 Å². The number of hydrogen-bond donors (Lipinski definition) is 2. The van der Waals surface area contributed by atoms with Crippen LogP contribution in [0.4, 0.5) is 0 Å². The van der Waals surface area contributed by atoms with Crippen LogP contribution in [0.3, 0.4) is 0 Å². The third kappa shape index (κ3) is 2.57. The Morgan fingerprint density at radius 2 is 2.11 bits per heavy atom. The van der Waals surface area contributed by atoms with E-state index in [2.05, 4.69) is 22.4 Å². The minimum atomic E-state index is 0.0316. The molecule has 18 heavy (non-hydrogen) atoms. The molecule has 2 N–H and O–H groups in total. The number of hydrogen-bond acceptors (Lipinski definition) is 2. The first kappa shape index (κ1) is 13.1. The van der Waals surface area contributed by atoms with Crippen molar-refractivity contribution in [1.29, 1.82) is 0 Å². The number of rotatable bonds is 3. The molecule has 1 fully saturated rings. The van der Waals surface area contributed by atoms with E-state index in [1.54, 1.807) is 0 Å². The second kappa shape index (κ2) is 5.55. The van der Waals surface area contributed by atoms with Crippen LogP contribution in [0, 0.1) is 19.8 Å². The monoisotopic (exact) mass is 249 g/mol. The average molecular weight is 249 g/mol. The lowest BCUT2D eigenvalue weighted by Gasteiger charge is -2.31. The molecule has 1 aromatic rings. The standard InChI is InChI=1S/C14H23N3O/c1-4-11-7-5-6-8-12(11)15-14(18)13-9(2)16-17-10(13)3/h11-12H,4-8H2,1-3H3,(H,15,18)(H,16,17). The molecular formula is C14H23N3O. The lowest BCUT2D eigenvalue weighted by Crippen LogP contribution is -2.42. The zero-order valence-corrected chi connectivity index (χ0v) is 11.5. The lowest BCUT2D eigenvalue weighted by molar-refractivity contribution is 0.0903. The van der Waals surface area contributed by atoms with Gasteiger partial charge in [-0.15, -0.1) is 0 Å². The molecule has 0 radical (unpaired) electrons. The van der Waals surface area contributed by atoms with Crippen molar-refractivity contribution in [2.45, 2.75) is 58.9 Å².